The molecule has 0 saturated carbocycles. The molecule has 0 unspecified atom stereocenters. The predicted molar refractivity (Wildman–Crippen MR) is 120 cm³/mol. The van der Waals surface area contributed by atoms with Crippen LogP contribution in [0, 0.1) is 5.41 Å². The largest absolute Gasteiger partial charge is 0.412 e. The van der Waals surface area contributed by atoms with Crippen LogP contribution in [0.25, 0.3) is 0 Å². The van der Waals surface area contributed by atoms with Crippen LogP contribution in [0.5, 0.6) is 0 Å². The molecule has 1 aliphatic rings. The molecule has 1 saturated heterocycles. The summed E-state index contributed by atoms with van der Waals surface area (Å²) < 4.78 is 13.6. The molecule has 2 atom stereocenters. The maximum Gasteiger partial charge on any atom is 0.192 e. The second kappa shape index (κ2) is 7.12. The molecule has 1 aliphatic heterocycles. The maximum atomic E-state index is 6.83. The summed E-state index contributed by atoms with van der Waals surface area (Å²) in [5.74, 6) is 0. The number of ether oxygens (including phenoxy) is 1. The van der Waals surface area contributed by atoms with E-state index in [0.29, 0.717) is 0 Å². The summed E-state index contributed by atoms with van der Waals surface area (Å²) in [7, 11) is -1.86. The van der Waals surface area contributed by atoms with Gasteiger partial charge in [0.1, 0.15) is 5.60 Å². The van der Waals surface area contributed by atoms with E-state index in [0.717, 1.165) is 0 Å². The minimum absolute atomic E-state index is 0.0436. The molecule has 0 bridgehead atoms. The van der Waals surface area contributed by atoms with Gasteiger partial charge in [-0.15, -0.1) is 0 Å². The van der Waals surface area contributed by atoms with E-state index < -0.39 is 13.9 Å². The molecule has 0 spiro atoms. The molecule has 2 aromatic carbocycles. The first-order valence-corrected chi connectivity index (χ1v) is 13.3. The summed E-state index contributed by atoms with van der Waals surface area (Å²) in [4.78, 5) is 0. The van der Waals surface area contributed by atoms with Gasteiger partial charge in [0.25, 0.3) is 0 Å². The van der Waals surface area contributed by atoms with Crippen LogP contribution >= 0.6 is 0 Å². The van der Waals surface area contributed by atoms with E-state index in [4.69, 9.17) is 9.16 Å². The lowest BCUT2D eigenvalue weighted by Crippen LogP contribution is -2.68. The van der Waals surface area contributed by atoms with Gasteiger partial charge in [0.2, 0.25) is 0 Å². The molecular weight excluding hydrogens is 360 g/mol. The van der Waals surface area contributed by atoms with Crippen molar-refractivity contribution < 1.29 is 9.16 Å². The smallest absolute Gasteiger partial charge is 0.192 e. The molecule has 0 aliphatic carbocycles. The first-order chi connectivity index (χ1) is 12.9. The fourth-order valence-corrected chi connectivity index (χ4v) is 5.82. The van der Waals surface area contributed by atoms with Gasteiger partial charge in [-0.05, 0) is 36.2 Å². The van der Waals surface area contributed by atoms with Crippen LogP contribution < -0.4 is 0 Å². The number of hydrogen-bond acceptors (Lipinski definition) is 2. The zero-order chi connectivity index (χ0) is 20.8. The van der Waals surface area contributed by atoms with Gasteiger partial charge in [0.05, 0.1) is 12.2 Å². The third-order valence-corrected chi connectivity index (χ3v) is 11.6. The third kappa shape index (κ3) is 3.28. The highest BCUT2D eigenvalue weighted by Gasteiger charge is 2.65. The van der Waals surface area contributed by atoms with Gasteiger partial charge in [-0.1, -0.05) is 95.3 Å². The van der Waals surface area contributed by atoms with Crippen molar-refractivity contribution >= 4 is 8.32 Å². The van der Waals surface area contributed by atoms with E-state index in [9.17, 15) is 0 Å². The molecule has 1 heterocycles. The Morgan fingerprint density at radius 2 is 1.32 bits per heavy atom. The molecule has 152 valence electrons. The molecule has 28 heavy (non-hydrogen) atoms. The predicted octanol–water partition coefficient (Wildman–Crippen LogP) is 6.77. The van der Waals surface area contributed by atoms with Crippen LogP contribution in [0.2, 0.25) is 18.1 Å². The lowest BCUT2D eigenvalue weighted by atomic mass is 9.58. The lowest BCUT2D eigenvalue weighted by molar-refractivity contribution is -0.316. The van der Waals surface area contributed by atoms with E-state index in [1.165, 1.54) is 11.1 Å². The van der Waals surface area contributed by atoms with E-state index >= 15 is 0 Å². The highest BCUT2D eigenvalue weighted by molar-refractivity contribution is 6.74. The topological polar surface area (TPSA) is 18.5 Å². The summed E-state index contributed by atoms with van der Waals surface area (Å²) in [5, 5.41) is 0.186. The first kappa shape index (κ1) is 21.3. The van der Waals surface area contributed by atoms with Crippen LogP contribution in [0.1, 0.15) is 52.7 Å². The van der Waals surface area contributed by atoms with Gasteiger partial charge >= 0.3 is 0 Å². The van der Waals surface area contributed by atoms with Crippen molar-refractivity contribution in [1.29, 1.82) is 0 Å². The van der Waals surface area contributed by atoms with E-state index in [1.54, 1.807) is 0 Å². The van der Waals surface area contributed by atoms with Crippen molar-refractivity contribution in [3.63, 3.8) is 0 Å². The second-order valence-electron chi connectivity index (χ2n) is 10.3. The average molecular weight is 397 g/mol. The van der Waals surface area contributed by atoms with Crippen molar-refractivity contribution in [2.45, 2.75) is 77.5 Å². The van der Waals surface area contributed by atoms with Gasteiger partial charge < -0.3 is 9.16 Å². The average Bonchev–Trinajstić information content (AvgIpc) is 2.61. The molecule has 2 aromatic rings. The summed E-state index contributed by atoms with van der Waals surface area (Å²) in [6.45, 7) is 18.3. The minimum Gasteiger partial charge on any atom is -0.412 e. The molecule has 2 nitrogen and oxygen atoms in total. The Morgan fingerprint density at radius 3 is 1.68 bits per heavy atom. The van der Waals surface area contributed by atoms with E-state index in [2.05, 4.69) is 115 Å². The summed E-state index contributed by atoms with van der Waals surface area (Å²) >= 11 is 0. The number of benzene rings is 2. The number of rotatable bonds is 5. The SMILES string of the molecule is C[C@@H](O[Si](C)(C)C(C)(C)C)[C@H]1OC(c2ccccc2)(c2ccccc2)C1(C)C. The Morgan fingerprint density at radius 1 is 0.893 bits per heavy atom. The molecule has 3 rings (SSSR count). The molecule has 1 fully saturated rings. The van der Waals surface area contributed by atoms with Gasteiger partial charge in [0, 0.05) is 5.41 Å². The van der Waals surface area contributed by atoms with E-state index in [1.807, 2.05) is 0 Å². The van der Waals surface area contributed by atoms with Crippen molar-refractivity contribution in [1.82, 2.24) is 0 Å². The van der Waals surface area contributed by atoms with E-state index in [-0.39, 0.29) is 22.7 Å². The highest BCUT2D eigenvalue weighted by Crippen LogP contribution is 2.61. The molecule has 0 aromatic heterocycles. The van der Waals surface area contributed by atoms with Gasteiger partial charge in [0.15, 0.2) is 8.32 Å². The van der Waals surface area contributed by atoms with Crippen molar-refractivity contribution in [3.8, 4) is 0 Å². The maximum absolute atomic E-state index is 6.83. The van der Waals surface area contributed by atoms with Crippen molar-refractivity contribution in [3.05, 3.63) is 71.8 Å². The summed E-state index contributed by atoms with van der Waals surface area (Å²) in [6.07, 6.45) is 0.0958. The standard InChI is InChI=1S/C25H36O2Si/c1-19(27-28(7,8)23(2,3)4)22-24(5,6)25(26-22,20-15-11-9-12-16-20)21-17-13-10-14-18-21/h9-19,22H,1-8H3/t19-,22-/m1/s1. The molecule has 0 radical (unpaired) electrons. The van der Waals surface area contributed by atoms with Gasteiger partial charge in [-0.3, -0.25) is 0 Å². The Bertz CT molecular complexity index is 751. The van der Waals surface area contributed by atoms with Crippen LogP contribution in [0.4, 0.5) is 0 Å². The van der Waals surface area contributed by atoms with Crippen molar-refractivity contribution in [2.24, 2.45) is 5.41 Å². The molecule has 0 N–H and O–H groups in total. The molecule has 3 heteroatoms. The molecule has 0 amide bonds. The third-order valence-electron chi connectivity index (χ3n) is 7.00. The number of hydrogen-bond donors (Lipinski definition) is 0. The monoisotopic (exact) mass is 396 g/mol. The van der Waals surface area contributed by atoms with Crippen LogP contribution in [0.3, 0.4) is 0 Å². The fraction of sp³-hybridized carbons (Fsp3) is 0.520. The summed E-state index contributed by atoms with van der Waals surface area (Å²) in [6, 6.07) is 21.3. The Balaban J connectivity index is 1.96. The lowest BCUT2D eigenvalue weighted by Gasteiger charge is -2.63. The zero-order valence-electron chi connectivity index (χ0n) is 18.7. The van der Waals surface area contributed by atoms with Gasteiger partial charge in [-0.2, -0.15) is 0 Å². The van der Waals surface area contributed by atoms with Crippen LogP contribution in [0.15, 0.2) is 60.7 Å². The fourth-order valence-electron chi connectivity index (χ4n) is 4.41. The highest BCUT2D eigenvalue weighted by atomic mass is 28.4. The second-order valence-corrected chi connectivity index (χ2v) is 15.0. The zero-order valence-corrected chi connectivity index (χ0v) is 19.7. The Kier molecular flexibility index (Phi) is 5.41. The minimum atomic E-state index is -1.86. The quantitative estimate of drug-likeness (QED) is 0.519. The molecular formula is C25H36O2Si. The van der Waals surface area contributed by atoms with Crippen LogP contribution in [-0.4, -0.2) is 20.5 Å². The van der Waals surface area contributed by atoms with Gasteiger partial charge in [-0.25, -0.2) is 0 Å². The Hall–Kier alpha value is -1.42. The normalized spacial score (nSPS) is 22.4. The summed E-state index contributed by atoms with van der Waals surface area (Å²) in [5.41, 5.74) is 1.87. The van der Waals surface area contributed by atoms with Crippen LogP contribution in [-0.2, 0) is 14.8 Å². The van der Waals surface area contributed by atoms with Crippen molar-refractivity contribution in [2.75, 3.05) is 0 Å². The Labute approximate surface area is 172 Å². The first-order valence-electron chi connectivity index (χ1n) is 10.4.